The predicted molar refractivity (Wildman–Crippen MR) is 76.5 cm³/mol. The van der Waals surface area contributed by atoms with Gasteiger partial charge in [-0.1, -0.05) is 17.7 Å². The quantitative estimate of drug-likeness (QED) is 0.769. The molecule has 0 aliphatic carbocycles. The first-order valence-electron chi connectivity index (χ1n) is 5.79. The molecular formula is C15H10Cl2FNO. The third-order valence-corrected chi connectivity index (χ3v) is 3.25. The Morgan fingerprint density at radius 3 is 2.60 bits per heavy atom. The molecule has 0 radical (unpaired) electrons. The average Bonchev–Trinajstić information content (AvgIpc) is 2.46. The monoisotopic (exact) mass is 309 g/mol. The summed E-state index contributed by atoms with van der Waals surface area (Å²) in [5, 5.41) is 9.25. The van der Waals surface area contributed by atoms with Crippen LogP contribution in [-0.4, -0.2) is 0 Å². The first-order valence-corrected chi connectivity index (χ1v) is 6.71. The maximum absolute atomic E-state index is 13.7. The highest BCUT2D eigenvalue weighted by Crippen LogP contribution is 2.25. The summed E-state index contributed by atoms with van der Waals surface area (Å²) in [6, 6.07) is 11.2. The molecule has 0 fully saturated rings. The summed E-state index contributed by atoms with van der Waals surface area (Å²) in [5.74, 6) is 0.352. The van der Waals surface area contributed by atoms with E-state index in [2.05, 4.69) is 0 Å². The van der Waals surface area contributed by atoms with E-state index in [1.54, 1.807) is 24.3 Å². The van der Waals surface area contributed by atoms with E-state index in [1.807, 2.05) is 6.07 Å². The maximum atomic E-state index is 13.7. The second-order valence-electron chi connectivity index (χ2n) is 4.09. The average molecular weight is 310 g/mol. The van der Waals surface area contributed by atoms with Gasteiger partial charge in [0.1, 0.15) is 18.2 Å². The number of nitriles is 1. The van der Waals surface area contributed by atoms with Crippen molar-refractivity contribution >= 4 is 23.2 Å². The fraction of sp³-hybridized carbons (Fsp3) is 0.133. The first kappa shape index (κ1) is 14.6. The fourth-order valence-electron chi connectivity index (χ4n) is 1.68. The van der Waals surface area contributed by atoms with Crippen LogP contribution in [0.5, 0.6) is 5.75 Å². The van der Waals surface area contributed by atoms with Crippen molar-refractivity contribution in [2.75, 3.05) is 0 Å². The van der Waals surface area contributed by atoms with Gasteiger partial charge in [0.15, 0.2) is 0 Å². The molecule has 0 unspecified atom stereocenters. The van der Waals surface area contributed by atoms with Crippen molar-refractivity contribution in [1.82, 2.24) is 0 Å². The van der Waals surface area contributed by atoms with Crippen LogP contribution in [0.25, 0.3) is 0 Å². The van der Waals surface area contributed by atoms with Crippen LogP contribution in [-0.2, 0) is 12.5 Å². The van der Waals surface area contributed by atoms with E-state index in [9.17, 15) is 4.39 Å². The molecule has 2 aromatic carbocycles. The van der Waals surface area contributed by atoms with Crippen LogP contribution < -0.4 is 4.74 Å². The lowest BCUT2D eigenvalue weighted by molar-refractivity contribution is 0.297. The van der Waals surface area contributed by atoms with E-state index in [0.717, 1.165) is 5.56 Å². The lowest BCUT2D eigenvalue weighted by Crippen LogP contribution is -2.00. The summed E-state index contributed by atoms with van der Waals surface area (Å²) in [6.07, 6.45) is 0. The second-order valence-corrected chi connectivity index (χ2v) is 4.80. The van der Waals surface area contributed by atoms with Crippen LogP contribution in [0.4, 0.5) is 4.39 Å². The fourth-order valence-corrected chi connectivity index (χ4v) is 2.09. The number of nitrogens with zero attached hydrogens (tertiary/aromatic N) is 1. The Labute approximate surface area is 126 Å². The molecule has 2 nitrogen and oxygen atoms in total. The third kappa shape index (κ3) is 3.41. The Morgan fingerprint density at radius 2 is 1.95 bits per heavy atom. The number of benzene rings is 2. The van der Waals surface area contributed by atoms with E-state index < -0.39 is 5.82 Å². The van der Waals surface area contributed by atoms with Gasteiger partial charge in [0.25, 0.3) is 0 Å². The molecule has 0 aromatic heterocycles. The highest BCUT2D eigenvalue weighted by molar-refractivity contribution is 6.30. The van der Waals surface area contributed by atoms with E-state index in [0.29, 0.717) is 16.3 Å². The van der Waals surface area contributed by atoms with Gasteiger partial charge in [-0.25, -0.2) is 4.39 Å². The lowest BCUT2D eigenvalue weighted by atomic mass is 10.1. The van der Waals surface area contributed by atoms with E-state index in [4.69, 9.17) is 33.2 Å². The number of halogens is 3. The van der Waals surface area contributed by atoms with Crippen LogP contribution in [0.2, 0.25) is 5.02 Å². The van der Waals surface area contributed by atoms with Gasteiger partial charge in [-0.15, -0.1) is 11.6 Å². The van der Waals surface area contributed by atoms with E-state index in [1.165, 1.54) is 12.1 Å². The van der Waals surface area contributed by atoms with Crippen LogP contribution in [0, 0.1) is 17.1 Å². The van der Waals surface area contributed by atoms with Gasteiger partial charge in [-0.3, -0.25) is 0 Å². The molecule has 20 heavy (non-hydrogen) atoms. The summed E-state index contributed by atoms with van der Waals surface area (Å²) in [5.41, 5.74) is 1.40. The zero-order valence-corrected chi connectivity index (χ0v) is 11.9. The molecular weight excluding hydrogens is 300 g/mol. The van der Waals surface area contributed by atoms with Crippen molar-refractivity contribution < 1.29 is 9.13 Å². The molecule has 0 aliphatic heterocycles. The number of hydrogen-bond donors (Lipinski definition) is 0. The Hall–Kier alpha value is -1.76. The van der Waals surface area contributed by atoms with Gasteiger partial charge in [0.2, 0.25) is 0 Å². The molecule has 0 N–H and O–H groups in total. The van der Waals surface area contributed by atoms with Crippen molar-refractivity contribution in [2.24, 2.45) is 0 Å². The molecule has 0 amide bonds. The SMILES string of the molecule is N#Cc1ccc(COc2ccc(Cl)cc2CCl)c(F)c1. The Kier molecular flexibility index (Phi) is 4.84. The molecule has 0 saturated carbocycles. The molecule has 102 valence electrons. The summed E-state index contributed by atoms with van der Waals surface area (Å²) >= 11 is 11.7. The standard InChI is InChI=1S/C15H10Cl2FNO/c16-7-12-6-13(17)3-4-15(12)20-9-11-2-1-10(8-19)5-14(11)18/h1-6H,7,9H2. The van der Waals surface area contributed by atoms with Crippen LogP contribution in [0.15, 0.2) is 36.4 Å². The second kappa shape index (κ2) is 6.60. The number of hydrogen-bond acceptors (Lipinski definition) is 2. The minimum atomic E-state index is -0.467. The molecule has 0 spiro atoms. The van der Waals surface area contributed by atoms with Crippen molar-refractivity contribution in [3.05, 3.63) is 63.9 Å². The Bertz CT molecular complexity index is 667. The number of ether oxygens (including phenoxy) is 1. The third-order valence-electron chi connectivity index (χ3n) is 2.73. The lowest BCUT2D eigenvalue weighted by Gasteiger charge is -2.11. The smallest absolute Gasteiger partial charge is 0.131 e. The molecule has 2 rings (SSSR count). The zero-order valence-electron chi connectivity index (χ0n) is 10.4. The Balaban J connectivity index is 2.15. The largest absolute Gasteiger partial charge is 0.488 e. The van der Waals surface area contributed by atoms with Gasteiger partial charge in [0, 0.05) is 16.1 Å². The molecule has 0 heterocycles. The zero-order chi connectivity index (χ0) is 14.5. The summed E-state index contributed by atoms with van der Waals surface area (Å²) in [7, 11) is 0. The van der Waals surface area contributed by atoms with Gasteiger partial charge in [0.05, 0.1) is 17.5 Å². The molecule has 0 saturated heterocycles. The molecule has 5 heteroatoms. The maximum Gasteiger partial charge on any atom is 0.131 e. The normalized spacial score (nSPS) is 10.1. The van der Waals surface area contributed by atoms with Gasteiger partial charge < -0.3 is 4.74 Å². The van der Waals surface area contributed by atoms with Crippen LogP contribution in [0.3, 0.4) is 0 Å². The van der Waals surface area contributed by atoms with Crippen molar-refractivity contribution in [1.29, 1.82) is 5.26 Å². The minimum absolute atomic E-state index is 0.0586. The highest BCUT2D eigenvalue weighted by atomic mass is 35.5. The molecule has 0 aliphatic rings. The van der Waals surface area contributed by atoms with Crippen molar-refractivity contribution in [3.8, 4) is 11.8 Å². The van der Waals surface area contributed by atoms with Gasteiger partial charge in [-0.2, -0.15) is 5.26 Å². The number of rotatable bonds is 4. The van der Waals surface area contributed by atoms with Crippen LogP contribution in [0.1, 0.15) is 16.7 Å². The van der Waals surface area contributed by atoms with E-state index >= 15 is 0 Å². The van der Waals surface area contributed by atoms with E-state index in [-0.39, 0.29) is 18.1 Å². The van der Waals surface area contributed by atoms with Crippen molar-refractivity contribution in [3.63, 3.8) is 0 Å². The summed E-state index contributed by atoms with van der Waals surface area (Å²) in [4.78, 5) is 0. The van der Waals surface area contributed by atoms with Crippen molar-refractivity contribution in [2.45, 2.75) is 12.5 Å². The van der Waals surface area contributed by atoms with Crippen LogP contribution >= 0.6 is 23.2 Å². The topological polar surface area (TPSA) is 33.0 Å². The Morgan fingerprint density at radius 1 is 1.15 bits per heavy atom. The highest BCUT2D eigenvalue weighted by Gasteiger charge is 2.07. The molecule has 0 atom stereocenters. The predicted octanol–water partition coefficient (Wildman–Crippen LogP) is 4.67. The van der Waals surface area contributed by atoms with Gasteiger partial charge in [-0.05, 0) is 30.3 Å². The molecule has 2 aromatic rings. The van der Waals surface area contributed by atoms with Gasteiger partial charge >= 0.3 is 0 Å². The summed E-state index contributed by atoms with van der Waals surface area (Å²) < 4.78 is 19.3. The first-order chi connectivity index (χ1) is 9.63. The molecule has 0 bridgehead atoms. The minimum Gasteiger partial charge on any atom is -0.488 e. The summed E-state index contributed by atoms with van der Waals surface area (Å²) in [6.45, 7) is 0.0586. The number of alkyl halides is 1.